The number of halogens is 1. The lowest BCUT2D eigenvalue weighted by atomic mass is 10.2. The Labute approximate surface area is 158 Å². The topological polar surface area (TPSA) is 75.7 Å². The lowest BCUT2D eigenvalue weighted by Crippen LogP contribution is -2.31. The third kappa shape index (κ3) is 4.00. The summed E-state index contributed by atoms with van der Waals surface area (Å²) in [7, 11) is -0.960. The molecule has 26 heavy (non-hydrogen) atoms. The van der Waals surface area contributed by atoms with E-state index in [-0.39, 0.29) is 22.0 Å². The van der Waals surface area contributed by atoms with E-state index in [0.717, 1.165) is 0 Å². The standard InChI is InChI=1S/C18H19ClN2O4S/c1-4-11-21(13-5-7-14(25-3)8-6-13)26(23,24)15-9-10-17(19)16(12-15)18(22)20-2/h4-10,12H,1,11H2,2-3H3,(H,20,22). The van der Waals surface area contributed by atoms with Crippen LogP contribution in [0.25, 0.3) is 0 Å². The predicted octanol–water partition coefficient (Wildman–Crippen LogP) is 3.09. The molecule has 0 aromatic heterocycles. The molecule has 0 saturated carbocycles. The smallest absolute Gasteiger partial charge is 0.264 e. The molecule has 0 fully saturated rings. The summed E-state index contributed by atoms with van der Waals surface area (Å²) in [5.41, 5.74) is 0.533. The lowest BCUT2D eigenvalue weighted by molar-refractivity contribution is 0.0963. The van der Waals surface area contributed by atoms with Gasteiger partial charge < -0.3 is 10.1 Å². The van der Waals surface area contributed by atoms with E-state index in [1.807, 2.05) is 0 Å². The Morgan fingerprint density at radius 1 is 1.27 bits per heavy atom. The Bertz CT molecular complexity index is 911. The minimum atomic E-state index is -3.93. The van der Waals surface area contributed by atoms with Crippen LogP contribution >= 0.6 is 11.6 Å². The maximum atomic E-state index is 13.1. The molecule has 0 aliphatic rings. The zero-order valence-electron chi connectivity index (χ0n) is 14.4. The van der Waals surface area contributed by atoms with Gasteiger partial charge in [-0.25, -0.2) is 8.42 Å². The van der Waals surface area contributed by atoms with E-state index in [0.29, 0.717) is 11.4 Å². The van der Waals surface area contributed by atoms with E-state index in [4.69, 9.17) is 16.3 Å². The molecule has 8 heteroatoms. The van der Waals surface area contributed by atoms with Gasteiger partial charge >= 0.3 is 0 Å². The number of nitrogens with one attached hydrogen (secondary N) is 1. The third-order valence-electron chi connectivity index (χ3n) is 3.65. The molecule has 0 aliphatic carbocycles. The van der Waals surface area contributed by atoms with Crippen LogP contribution in [0.3, 0.4) is 0 Å². The number of carbonyl (C=O) groups excluding carboxylic acids is 1. The van der Waals surface area contributed by atoms with Crippen LogP contribution < -0.4 is 14.4 Å². The average Bonchev–Trinajstić information content (AvgIpc) is 2.65. The highest BCUT2D eigenvalue weighted by Gasteiger charge is 2.25. The van der Waals surface area contributed by atoms with Gasteiger partial charge in [0.2, 0.25) is 0 Å². The van der Waals surface area contributed by atoms with Crippen molar-refractivity contribution in [1.82, 2.24) is 5.32 Å². The molecule has 138 valence electrons. The summed E-state index contributed by atoms with van der Waals surface area (Å²) in [6.45, 7) is 3.69. The number of amides is 1. The summed E-state index contributed by atoms with van der Waals surface area (Å²) in [6.07, 6.45) is 1.48. The molecule has 0 atom stereocenters. The molecule has 6 nitrogen and oxygen atoms in total. The van der Waals surface area contributed by atoms with Gasteiger partial charge in [-0.3, -0.25) is 9.10 Å². The highest BCUT2D eigenvalue weighted by molar-refractivity contribution is 7.92. The van der Waals surface area contributed by atoms with Crippen LogP contribution in [0.1, 0.15) is 10.4 Å². The third-order valence-corrected chi connectivity index (χ3v) is 5.77. The van der Waals surface area contributed by atoms with Crippen molar-refractivity contribution in [1.29, 1.82) is 0 Å². The van der Waals surface area contributed by atoms with Crippen LogP contribution in [0.15, 0.2) is 60.0 Å². The summed E-state index contributed by atoms with van der Waals surface area (Å²) in [5.74, 6) is 0.143. The summed E-state index contributed by atoms with van der Waals surface area (Å²) in [4.78, 5) is 11.9. The molecule has 1 amide bonds. The second-order valence-corrected chi connectivity index (χ2v) is 7.51. The van der Waals surface area contributed by atoms with Crippen molar-refractivity contribution in [2.24, 2.45) is 0 Å². The largest absolute Gasteiger partial charge is 0.497 e. The van der Waals surface area contributed by atoms with Crippen LogP contribution in [0, 0.1) is 0 Å². The Hall–Kier alpha value is -2.51. The molecule has 0 unspecified atom stereocenters. The summed E-state index contributed by atoms with van der Waals surface area (Å²) in [6, 6.07) is 10.6. The normalized spacial score (nSPS) is 10.9. The molecule has 0 radical (unpaired) electrons. The fourth-order valence-corrected chi connectivity index (χ4v) is 3.97. The first-order valence-electron chi connectivity index (χ1n) is 7.64. The van der Waals surface area contributed by atoms with E-state index < -0.39 is 15.9 Å². The van der Waals surface area contributed by atoms with Gasteiger partial charge in [-0.1, -0.05) is 17.7 Å². The van der Waals surface area contributed by atoms with Crippen LogP contribution in [-0.2, 0) is 10.0 Å². The number of methoxy groups -OCH3 is 1. The van der Waals surface area contributed by atoms with Gasteiger partial charge in [-0.05, 0) is 42.5 Å². The summed E-state index contributed by atoms with van der Waals surface area (Å²) < 4.78 is 32.5. The number of hydrogen-bond acceptors (Lipinski definition) is 4. The fourth-order valence-electron chi connectivity index (χ4n) is 2.31. The second-order valence-electron chi connectivity index (χ2n) is 5.24. The van der Waals surface area contributed by atoms with Crippen LogP contribution in [-0.4, -0.2) is 35.0 Å². The molecule has 0 bridgehead atoms. The number of carbonyl (C=O) groups is 1. The molecular formula is C18H19ClN2O4S. The van der Waals surface area contributed by atoms with Crippen molar-refractivity contribution in [3.05, 3.63) is 65.7 Å². The van der Waals surface area contributed by atoms with E-state index >= 15 is 0 Å². The molecule has 2 aromatic carbocycles. The number of ether oxygens (including phenoxy) is 1. The molecule has 0 saturated heterocycles. The Balaban J connectivity index is 2.53. The highest BCUT2D eigenvalue weighted by Crippen LogP contribution is 2.28. The monoisotopic (exact) mass is 394 g/mol. The van der Waals surface area contributed by atoms with Crippen molar-refractivity contribution in [3.63, 3.8) is 0 Å². The second kappa shape index (κ2) is 8.25. The zero-order valence-corrected chi connectivity index (χ0v) is 16.0. The average molecular weight is 395 g/mol. The Morgan fingerprint density at radius 2 is 1.92 bits per heavy atom. The molecule has 2 aromatic rings. The summed E-state index contributed by atoms with van der Waals surface area (Å²) >= 11 is 6.01. The van der Waals surface area contributed by atoms with E-state index in [1.165, 1.54) is 42.7 Å². The van der Waals surface area contributed by atoms with Gasteiger partial charge in [-0.15, -0.1) is 6.58 Å². The molecule has 0 spiro atoms. The number of benzene rings is 2. The van der Waals surface area contributed by atoms with Gasteiger partial charge in [0.25, 0.3) is 15.9 Å². The zero-order chi connectivity index (χ0) is 19.3. The van der Waals surface area contributed by atoms with Gasteiger partial charge in [0.1, 0.15) is 5.75 Å². The number of sulfonamides is 1. The predicted molar refractivity (Wildman–Crippen MR) is 103 cm³/mol. The first-order valence-corrected chi connectivity index (χ1v) is 9.46. The Morgan fingerprint density at radius 3 is 2.46 bits per heavy atom. The van der Waals surface area contributed by atoms with Crippen LogP contribution in [0.5, 0.6) is 5.75 Å². The SMILES string of the molecule is C=CCN(c1ccc(OC)cc1)S(=O)(=O)c1ccc(Cl)c(C(=O)NC)c1. The maximum absolute atomic E-state index is 13.1. The number of rotatable bonds is 7. The van der Waals surface area contributed by atoms with E-state index in [9.17, 15) is 13.2 Å². The first kappa shape index (κ1) is 19.8. The van der Waals surface area contributed by atoms with Crippen LogP contribution in [0.2, 0.25) is 5.02 Å². The van der Waals surface area contributed by atoms with Gasteiger partial charge in [-0.2, -0.15) is 0 Å². The van der Waals surface area contributed by atoms with Gasteiger partial charge in [0.05, 0.1) is 34.8 Å². The van der Waals surface area contributed by atoms with Crippen LogP contribution in [0.4, 0.5) is 5.69 Å². The highest BCUT2D eigenvalue weighted by atomic mass is 35.5. The minimum absolute atomic E-state index is 0.0434. The van der Waals surface area contributed by atoms with Crippen molar-refractivity contribution in [3.8, 4) is 5.75 Å². The van der Waals surface area contributed by atoms with Crippen molar-refractivity contribution in [2.45, 2.75) is 4.90 Å². The van der Waals surface area contributed by atoms with E-state index in [1.54, 1.807) is 24.3 Å². The minimum Gasteiger partial charge on any atom is -0.497 e. The lowest BCUT2D eigenvalue weighted by Gasteiger charge is -2.23. The quantitative estimate of drug-likeness (QED) is 0.732. The van der Waals surface area contributed by atoms with Gasteiger partial charge in [0.15, 0.2) is 0 Å². The van der Waals surface area contributed by atoms with Crippen molar-refractivity contribution < 1.29 is 17.9 Å². The van der Waals surface area contributed by atoms with Crippen molar-refractivity contribution >= 4 is 33.2 Å². The number of hydrogen-bond donors (Lipinski definition) is 1. The summed E-state index contributed by atoms with van der Waals surface area (Å²) in [5, 5.41) is 2.61. The molecule has 2 rings (SSSR count). The fraction of sp³-hybridized carbons (Fsp3) is 0.167. The number of nitrogens with zero attached hydrogens (tertiary/aromatic N) is 1. The molecule has 0 heterocycles. The molecular weight excluding hydrogens is 376 g/mol. The maximum Gasteiger partial charge on any atom is 0.264 e. The first-order chi connectivity index (χ1) is 12.3. The molecule has 1 N–H and O–H groups in total. The van der Waals surface area contributed by atoms with Gasteiger partial charge in [0, 0.05) is 7.05 Å². The Kier molecular flexibility index (Phi) is 6.28. The van der Waals surface area contributed by atoms with Crippen molar-refractivity contribution in [2.75, 3.05) is 25.0 Å². The molecule has 0 aliphatic heterocycles. The number of anilines is 1. The van der Waals surface area contributed by atoms with E-state index in [2.05, 4.69) is 11.9 Å².